The summed E-state index contributed by atoms with van der Waals surface area (Å²) in [5.41, 5.74) is 0.448. The summed E-state index contributed by atoms with van der Waals surface area (Å²) in [6.45, 7) is 18.3. The Bertz CT molecular complexity index is 82.7. The van der Waals surface area contributed by atoms with Crippen molar-refractivity contribution in [1.82, 2.24) is 0 Å². The standard InChI is InChI=1S/C8H12/c1-7(2)6-8(3,4)5/h1-6H2. The summed E-state index contributed by atoms with van der Waals surface area (Å²) in [6, 6.07) is 0. The van der Waals surface area contributed by atoms with Crippen LogP contribution in [0.1, 0.15) is 6.42 Å². The highest BCUT2D eigenvalue weighted by atomic mass is 14.1. The minimum atomic E-state index is -0.390. The highest BCUT2D eigenvalue weighted by molar-refractivity contribution is 5.06. The molecule has 0 saturated carbocycles. The molecule has 0 nitrogen and oxygen atoms in total. The third-order valence-electron chi connectivity index (χ3n) is 0.625. The van der Waals surface area contributed by atoms with Crippen LogP contribution in [0.2, 0.25) is 0 Å². The lowest BCUT2D eigenvalue weighted by atomic mass is 9.89. The minimum absolute atomic E-state index is 0.390. The third-order valence-corrected chi connectivity index (χ3v) is 0.625. The van der Waals surface area contributed by atoms with Gasteiger partial charge in [-0.15, -0.1) is 0 Å². The van der Waals surface area contributed by atoms with Crippen molar-refractivity contribution < 1.29 is 0 Å². The molecule has 0 bridgehead atoms. The van der Waals surface area contributed by atoms with E-state index in [-0.39, 0.29) is 0 Å². The molecule has 0 radical (unpaired) electrons. The van der Waals surface area contributed by atoms with Gasteiger partial charge in [0.25, 0.3) is 0 Å². The van der Waals surface area contributed by atoms with Gasteiger partial charge in [0, 0.05) is 0 Å². The van der Waals surface area contributed by atoms with Gasteiger partial charge in [-0.3, -0.25) is 0 Å². The monoisotopic (exact) mass is 108 g/mol. The predicted octanol–water partition coefficient (Wildman–Crippen LogP) is 2.26. The molecule has 0 aromatic carbocycles. The molecule has 44 valence electrons. The van der Waals surface area contributed by atoms with Gasteiger partial charge in [0.05, 0.1) is 13.8 Å². The van der Waals surface area contributed by atoms with Crippen LogP contribution < -0.4 is 0 Å². The molecular formula is C8H12. The van der Waals surface area contributed by atoms with E-state index in [1.54, 1.807) is 0 Å². The Balaban J connectivity index is 3.55. The van der Waals surface area contributed by atoms with Gasteiger partial charge in [-0.05, 0) is 6.42 Å². The Morgan fingerprint density at radius 2 is 2.00 bits per heavy atom. The molecule has 0 amide bonds. The molecular weight excluding hydrogens is 96.1 g/mol. The second-order valence-electron chi connectivity index (χ2n) is 2.43. The molecule has 0 aliphatic carbocycles. The SMILES string of the molecule is C=C([CH2-])CC([CH2+])([CH2+])[CH2-]. The molecule has 0 heterocycles. The first-order valence-electron chi connectivity index (χ1n) is 2.47. The van der Waals surface area contributed by atoms with Gasteiger partial charge < -0.3 is 0 Å². The van der Waals surface area contributed by atoms with Crippen LogP contribution >= 0.6 is 0 Å². The van der Waals surface area contributed by atoms with E-state index < -0.39 is 5.41 Å². The van der Waals surface area contributed by atoms with E-state index in [4.69, 9.17) is 0 Å². The second-order valence-corrected chi connectivity index (χ2v) is 2.43. The highest BCUT2D eigenvalue weighted by Gasteiger charge is 2.15. The lowest BCUT2D eigenvalue weighted by molar-refractivity contribution is 0.612. The van der Waals surface area contributed by atoms with E-state index in [0.29, 0.717) is 6.42 Å². The smallest absolute Gasteiger partial charge is 0.119 e. The van der Waals surface area contributed by atoms with Crippen LogP contribution in [0.4, 0.5) is 0 Å². The van der Waals surface area contributed by atoms with Crippen LogP contribution in [-0.2, 0) is 0 Å². The average molecular weight is 108 g/mol. The molecule has 0 atom stereocenters. The van der Waals surface area contributed by atoms with E-state index in [0.717, 1.165) is 5.57 Å². The van der Waals surface area contributed by atoms with Crippen LogP contribution in [-0.4, -0.2) is 0 Å². The number of hydrogen-bond donors (Lipinski definition) is 0. The van der Waals surface area contributed by atoms with Gasteiger partial charge in [0.15, 0.2) is 0 Å². The summed E-state index contributed by atoms with van der Waals surface area (Å²) in [7, 11) is 0. The Labute approximate surface area is 52.6 Å². The first-order chi connectivity index (χ1) is 3.42. The van der Waals surface area contributed by atoms with Crippen molar-refractivity contribution in [3.05, 3.63) is 39.8 Å². The normalized spacial score (nSPS) is 11.1. The van der Waals surface area contributed by atoms with Crippen LogP contribution in [0.3, 0.4) is 0 Å². The fraction of sp³-hybridized carbons (Fsp3) is 0.250. The largest absolute Gasteiger partial charge is 0.246 e. The van der Waals surface area contributed by atoms with Crippen LogP contribution in [0.5, 0.6) is 0 Å². The molecule has 0 N–H and O–H groups in total. The topological polar surface area (TPSA) is 0 Å². The molecule has 0 spiro atoms. The second kappa shape index (κ2) is 2.08. The van der Waals surface area contributed by atoms with Crippen molar-refractivity contribution >= 4 is 0 Å². The lowest BCUT2D eigenvalue weighted by Gasteiger charge is -2.13. The molecule has 0 heteroatoms. The van der Waals surface area contributed by atoms with E-state index >= 15 is 0 Å². The summed E-state index contributed by atoms with van der Waals surface area (Å²) in [5.74, 6) is 0. The van der Waals surface area contributed by atoms with Gasteiger partial charge in [-0.25, -0.2) is 26.0 Å². The summed E-state index contributed by atoms with van der Waals surface area (Å²) < 4.78 is 0. The Morgan fingerprint density at radius 1 is 1.62 bits per heavy atom. The third kappa shape index (κ3) is 5.35. The zero-order valence-electron chi connectivity index (χ0n) is 5.24. The molecule has 8 heavy (non-hydrogen) atoms. The molecule has 0 aliphatic rings. The lowest BCUT2D eigenvalue weighted by Crippen LogP contribution is -2.05. The number of allylic oxidation sites excluding steroid dienone is 1. The van der Waals surface area contributed by atoms with Crippen molar-refractivity contribution in [2.24, 2.45) is 5.41 Å². The van der Waals surface area contributed by atoms with Crippen molar-refractivity contribution in [1.29, 1.82) is 0 Å². The molecule has 0 aliphatic heterocycles. The van der Waals surface area contributed by atoms with E-state index in [1.807, 2.05) is 0 Å². The van der Waals surface area contributed by atoms with E-state index in [1.165, 1.54) is 0 Å². The minimum Gasteiger partial charge on any atom is -0.246 e. The average Bonchev–Trinajstić information content (AvgIpc) is 1.21. The van der Waals surface area contributed by atoms with Gasteiger partial charge in [-0.2, -0.15) is 0 Å². The van der Waals surface area contributed by atoms with Gasteiger partial charge in [0.1, 0.15) is 5.41 Å². The summed E-state index contributed by atoms with van der Waals surface area (Å²) in [4.78, 5) is 0. The Hall–Kier alpha value is -0.650. The van der Waals surface area contributed by atoms with Crippen molar-refractivity contribution in [3.63, 3.8) is 0 Å². The van der Waals surface area contributed by atoms with Gasteiger partial charge >= 0.3 is 0 Å². The first kappa shape index (κ1) is 7.35. The summed E-state index contributed by atoms with van der Waals surface area (Å²) in [5, 5.41) is 0. The summed E-state index contributed by atoms with van der Waals surface area (Å²) >= 11 is 0. The highest BCUT2D eigenvalue weighted by Crippen LogP contribution is 2.20. The molecule has 0 aromatic heterocycles. The van der Waals surface area contributed by atoms with Crippen LogP contribution in [0.15, 0.2) is 12.2 Å². The maximum Gasteiger partial charge on any atom is 0.119 e. The summed E-state index contributed by atoms with van der Waals surface area (Å²) in [6.07, 6.45) is 0.688. The Morgan fingerprint density at radius 3 is 2.00 bits per heavy atom. The predicted molar refractivity (Wildman–Crippen MR) is 37.6 cm³/mol. The first-order valence-corrected chi connectivity index (χ1v) is 2.47. The zero-order valence-corrected chi connectivity index (χ0v) is 5.24. The molecule has 0 fully saturated rings. The maximum atomic E-state index is 3.69. The Kier molecular flexibility index (Phi) is 1.91. The van der Waals surface area contributed by atoms with Crippen LogP contribution in [0, 0.1) is 33.1 Å². The van der Waals surface area contributed by atoms with Gasteiger partial charge in [-0.1, -0.05) is 0 Å². The quantitative estimate of drug-likeness (QED) is 0.476. The van der Waals surface area contributed by atoms with Crippen molar-refractivity contribution in [3.8, 4) is 0 Å². The van der Waals surface area contributed by atoms with E-state index in [2.05, 4.69) is 34.3 Å². The maximum absolute atomic E-state index is 3.69. The molecule has 0 saturated heterocycles. The number of rotatable bonds is 2. The fourth-order valence-corrected chi connectivity index (χ4v) is 0.530. The van der Waals surface area contributed by atoms with E-state index in [9.17, 15) is 0 Å². The number of hydrogen-bond acceptors (Lipinski definition) is 0. The fourth-order valence-electron chi connectivity index (χ4n) is 0.530. The molecule has 0 unspecified atom stereocenters. The van der Waals surface area contributed by atoms with Crippen molar-refractivity contribution in [2.45, 2.75) is 6.42 Å². The van der Waals surface area contributed by atoms with Crippen LogP contribution in [0.25, 0.3) is 0 Å². The molecule has 0 rings (SSSR count). The van der Waals surface area contributed by atoms with Gasteiger partial charge in [0.2, 0.25) is 0 Å². The van der Waals surface area contributed by atoms with Crippen molar-refractivity contribution in [2.75, 3.05) is 0 Å². The molecule has 0 aromatic rings. The zero-order chi connectivity index (χ0) is 6.78.